The largest absolute Gasteiger partial charge is 0.381 e. The van der Waals surface area contributed by atoms with E-state index in [4.69, 9.17) is 9.47 Å². The van der Waals surface area contributed by atoms with Gasteiger partial charge in [0.25, 0.3) is 0 Å². The van der Waals surface area contributed by atoms with Crippen molar-refractivity contribution in [3.05, 3.63) is 35.1 Å². The number of hydrogen-bond acceptors (Lipinski definition) is 3. The lowest BCUT2D eigenvalue weighted by atomic mass is 9.87. The molecule has 1 aromatic carbocycles. The summed E-state index contributed by atoms with van der Waals surface area (Å²) < 4.78 is 24.3. The molecule has 1 spiro atoms. The van der Waals surface area contributed by atoms with E-state index in [1.54, 1.807) is 20.2 Å². The van der Waals surface area contributed by atoms with Gasteiger partial charge in [-0.1, -0.05) is 6.07 Å². The van der Waals surface area contributed by atoms with Gasteiger partial charge in [-0.25, -0.2) is 4.39 Å². The van der Waals surface area contributed by atoms with Gasteiger partial charge in [0.1, 0.15) is 5.82 Å². The van der Waals surface area contributed by atoms with Gasteiger partial charge in [-0.2, -0.15) is 0 Å². The Morgan fingerprint density at radius 2 is 2.33 bits per heavy atom. The van der Waals surface area contributed by atoms with Gasteiger partial charge < -0.3 is 19.7 Å². The highest BCUT2D eigenvalue weighted by molar-refractivity contribution is 5.80. The van der Waals surface area contributed by atoms with Crippen LogP contribution in [0, 0.1) is 11.2 Å². The standard InChI is InChI=1S/C18H26FN3O2/c1-20-17(22-7-5-18(12-22)6-8-24-13-18)21-10-14-3-4-16(19)15(9-14)11-23-2/h3-4,9H,5-8,10-13H2,1-2H3,(H,20,21). The smallest absolute Gasteiger partial charge is 0.193 e. The number of nitrogens with one attached hydrogen (secondary N) is 1. The topological polar surface area (TPSA) is 46.1 Å². The van der Waals surface area contributed by atoms with Crippen LogP contribution >= 0.6 is 0 Å². The van der Waals surface area contributed by atoms with E-state index < -0.39 is 0 Å². The molecule has 5 nitrogen and oxygen atoms in total. The van der Waals surface area contributed by atoms with E-state index in [1.807, 2.05) is 6.07 Å². The van der Waals surface area contributed by atoms with E-state index in [1.165, 1.54) is 6.07 Å². The van der Waals surface area contributed by atoms with E-state index in [-0.39, 0.29) is 12.4 Å². The molecule has 132 valence electrons. The highest BCUT2D eigenvalue weighted by Crippen LogP contribution is 2.38. The first kappa shape index (κ1) is 17.2. The monoisotopic (exact) mass is 335 g/mol. The molecule has 6 heteroatoms. The van der Waals surface area contributed by atoms with Crippen molar-refractivity contribution in [1.82, 2.24) is 10.2 Å². The highest BCUT2D eigenvalue weighted by Gasteiger charge is 2.42. The predicted octanol–water partition coefficient (Wildman–Crippen LogP) is 2.16. The number of benzene rings is 1. The fourth-order valence-electron chi connectivity index (χ4n) is 3.60. The van der Waals surface area contributed by atoms with E-state index in [0.717, 1.165) is 50.7 Å². The maximum Gasteiger partial charge on any atom is 0.193 e. The van der Waals surface area contributed by atoms with Crippen molar-refractivity contribution in [2.75, 3.05) is 40.5 Å². The van der Waals surface area contributed by atoms with Crippen LogP contribution in [0.3, 0.4) is 0 Å². The van der Waals surface area contributed by atoms with Gasteiger partial charge in [-0.15, -0.1) is 0 Å². The third-order valence-electron chi connectivity index (χ3n) is 5.00. The van der Waals surface area contributed by atoms with Gasteiger partial charge in [-0.05, 0) is 30.5 Å². The molecule has 24 heavy (non-hydrogen) atoms. The number of likely N-dealkylation sites (tertiary alicyclic amines) is 1. The van der Waals surface area contributed by atoms with Crippen LogP contribution in [-0.2, 0) is 22.6 Å². The van der Waals surface area contributed by atoms with Crippen molar-refractivity contribution in [3.63, 3.8) is 0 Å². The van der Waals surface area contributed by atoms with Crippen LogP contribution in [0.2, 0.25) is 0 Å². The third kappa shape index (κ3) is 3.70. The molecule has 0 amide bonds. The molecule has 2 saturated heterocycles. The first-order valence-electron chi connectivity index (χ1n) is 8.45. The van der Waals surface area contributed by atoms with Crippen LogP contribution in [0.5, 0.6) is 0 Å². The SMILES string of the molecule is CN=C(NCc1ccc(F)c(COC)c1)N1CCC2(CCOC2)C1. The number of hydrogen-bond donors (Lipinski definition) is 1. The molecule has 0 bridgehead atoms. The lowest BCUT2D eigenvalue weighted by Crippen LogP contribution is -2.41. The average Bonchev–Trinajstić information content (AvgIpc) is 3.22. The van der Waals surface area contributed by atoms with Crippen molar-refractivity contribution >= 4 is 5.96 Å². The normalized spacial score (nSPS) is 24.1. The minimum atomic E-state index is -0.229. The van der Waals surface area contributed by atoms with Crippen LogP contribution in [0.25, 0.3) is 0 Å². The number of halogens is 1. The summed E-state index contributed by atoms with van der Waals surface area (Å²) >= 11 is 0. The first-order chi connectivity index (χ1) is 11.7. The number of rotatable bonds is 4. The Bertz CT molecular complexity index is 600. The molecule has 2 aliphatic rings. The molecular weight excluding hydrogens is 309 g/mol. The average molecular weight is 335 g/mol. The maximum atomic E-state index is 13.7. The number of methoxy groups -OCH3 is 1. The van der Waals surface area contributed by atoms with Gasteiger partial charge in [0.2, 0.25) is 0 Å². The minimum absolute atomic E-state index is 0.229. The first-order valence-corrected chi connectivity index (χ1v) is 8.45. The fraction of sp³-hybridized carbons (Fsp3) is 0.611. The Morgan fingerprint density at radius 1 is 1.46 bits per heavy atom. The number of nitrogens with zero attached hydrogens (tertiary/aromatic N) is 2. The summed E-state index contributed by atoms with van der Waals surface area (Å²) in [4.78, 5) is 6.71. The Kier molecular flexibility index (Phi) is 5.36. The second-order valence-corrected chi connectivity index (χ2v) is 6.73. The van der Waals surface area contributed by atoms with Crippen molar-refractivity contribution in [1.29, 1.82) is 0 Å². The van der Waals surface area contributed by atoms with Crippen LogP contribution in [-0.4, -0.2) is 51.3 Å². The molecule has 1 N–H and O–H groups in total. The molecular formula is C18H26FN3O2. The zero-order valence-electron chi connectivity index (χ0n) is 14.5. The summed E-state index contributed by atoms with van der Waals surface area (Å²) in [6, 6.07) is 5.13. The van der Waals surface area contributed by atoms with Crippen molar-refractivity contribution in [2.45, 2.75) is 26.0 Å². The van der Waals surface area contributed by atoms with Gasteiger partial charge in [0.15, 0.2) is 5.96 Å². The summed E-state index contributed by atoms with van der Waals surface area (Å²) in [6.07, 6.45) is 2.29. The zero-order valence-corrected chi connectivity index (χ0v) is 14.5. The highest BCUT2D eigenvalue weighted by atomic mass is 19.1. The van der Waals surface area contributed by atoms with Gasteiger partial charge in [0.05, 0.1) is 13.2 Å². The number of ether oxygens (including phenoxy) is 2. The predicted molar refractivity (Wildman–Crippen MR) is 91.4 cm³/mol. The molecule has 0 saturated carbocycles. The lowest BCUT2D eigenvalue weighted by molar-refractivity contribution is 0.156. The van der Waals surface area contributed by atoms with Gasteiger partial charge in [0, 0.05) is 51.4 Å². The van der Waals surface area contributed by atoms with E-state index in [0.29, 0.717) is 17.5 Å². The second kappa shape index (κ2) is 7.49. The molecule has 1 atom stereocenters. The number of guanidine groups is 1. The molecule has 2 heterocycles. The zero-order chi connectivity index (χ0) is 17.0. The molecule has 0 radical (unpaired) electrons. The Labute approximate surface area is 142 Å². The van der Waals surface area contributed by atoms with E-state index >= 15 is 0 Å². The fourth-order valence-corrected chi connectivity index (χ4v) is 3.60. The van der Waals surface area contributed by atoms with Gasteiger partial charge >= 0.3 is 0 Å². The lowest BCUT2D eigenvalue weighted by Gasteiger charge is -2.25. The summed E-state index contributed by atoms with van der Waals surface area (Å²) in [5.74, 6) is 0.670. The molecule has 0 aliphatic carbocycles. The summed E-state index contributed by atoms with van der Waals surface area (Å²) in [5.41, 5.74) is 1.90. The third-order valence-corrected chi connectivity index (χ3v) is 5.00. The van der Waals surface area contributed by atoms with Crippen LogP contribution in [0.1, 0.15) is 24.0 Å². The Balaban J connectivity index is 1.60. The molecule has 1 aromatic rings. The Hall–Kier alpha value is -1.66. The van der Waals surface area contributed by atoms with Crippen LogP contribution in [0.15, 0.2) is 23.2 Å². The van der Waals surface area contributed by atoms with Gasteiger partial charge in [-0.3, -0.25) is 4.99 Å². The quantitative estimate of drug-likeness (QED) is 0.677. The minimum Gasteiger partial charge on any atom is -0.381 e. The molecule has 2 aliphatic heterocycles. The van der Waals surface area contributed by atoms with E-state index in [9.17, 15) is 4.39 Å². The van der Waals surface area contributed by atoms with E-state index in [2.05, 4.69) is 15.2 Å². The second-order valence-electron chi connectivity index (χ2n) is 6.73. The molecule has 0 aromatic heterocycles. The van der Waals surface area contributed by atoms with Crippen LogP contribution < -0.4 is 5.32 Å². The van der Waals surface area contributed by atoms with Crippen molar-refractivity contribution < 1.29 is 13.9 Å². The Morgan fingerprint density at radius 3 is 3.04 bits per heavy atom. The summed E-state index contributed by atoms with van der Waals surface area (Å²) in [6.45, 7) is 4.62. The molecule has 1 unspecified atom stereocenters. The summed E-state index contributed by atoms with van der Waals surface area (Å²) in [7, 11) is 3.38. The molecule has 3 rings (SSSR count). The van der Waals surface area contributed by atoms with Crippen LogP contribution in [0.4, 0.5) is 4.39 Å². The van der Waals surface area contributed by atoms with Crippen molar-refractivity contribution in [3.8, 4) is 0 Å². The maximum absolute atomic E-state index is 13.7. The molecule has 2 fully saturated rings. The number of aliphatic imine (C=N–C) groups is 1. The summed E-state index contributed by atoms with van der Waals surface area (Å²) in [5, 5.41) is 3.39. The van der Waals surface area contributed by atoms with Crippen molar-refractivity contribution in [2.24, 2.45) is 10.4 Å².